The predicted molar refractivity (Wildman–Crippen MR) is 46.2 cm³/mol. The molecule has 3 N–H and O–H groups in total. The second kappa shape index (κ2) is 4.34. The van der Waals surface area contributed by atoms with E-state index in [2.05, 4.69) is 5.32 Å². The Morgan fingerprint density at radius 1 is 1.55 bits per heavy atom. The zero-order chi connectivity index (χ0) is 8.91. The van der Waals surface area contributed by atoms with Crippen LogP contribution in [0.5, 0.6) is 0 Å². The number of amides is 1. The minimum atomic E-state index is -0.0910. The van der Waals surface area contributed by atoms with Crippen molar-refractivity contribution in [1.29, 1.82) is 0 Å². The lowest BCUT2D eigenvalue weighted by molar-refractivity contribution is -0.122. The average Bonchev–Trinajstić information content (AvgIpc) is 1.87. The van der Waals surface area contributed by atoms with Crippen LogP contribution in [0.3, 0.4) is 0 Å². The Bertz CT molecular complexity index is 132. The van der Waals surface area contributed by atoms with Crippen LogP contribution in [0.1, 0.15) is 33.6 Å². The molecule has 0 heterocycles. The highest BCUT2D eigenvalue weighted by molar-refractivity contribution is 5.76. The Hall–Kier alpha value is -0.570. The van der Waals surface area contributed by atoms with Crippen LogP contribution in [-0.4, -0.2) is 18.0 Å². The van der Waals surface area contributed by atoms with Gasteiger partial charge in [-0.25, -0.2) is 0 Å². The van der Waals surface area contributed by atoms with E-state index in [-0.39, 0.29) is 11.4 Å². The molecule has 0 saturated carbocycles. The van der Waals surface area contributed by atoms with E-state index in [9.17, 15) is 4.79 Å². The van der Waals surface area contributed by atoms with Crippen molar-refractivity contribution in [3.63, 3.8) is 0 Å². The molecule has 0 saturated heterocycles. The zero-order valence-corrected chi connectivity index (χ0v) is 7.61. The summed E-state index contributed by atoms with van der Waals surface area (Å²) in [5.41, 5.74) is 5.14. The molecule has 0 atom stereocenters. The molecule has 3 nitrogen and oxygen atoms in total. The summed E-state index contributed by atoms with van der Waals surface area (Å²) < 4.78 is 0. The quantitative estimate of drug-likeness (QED) is 0.631. The van der Waals surface area contributed by atoms with Crippen LogP contribution in [0, 0.1) is 0 Å². The molecule has 0 bridgehead atoms. The highest BCUT2D eigenvalue weighted by atomic mass is 16.1. The fourth-order valence-electron chi connectivity index (χ4n) is 0.659. The highest BCUT2D eigenvalue weighted by Gasteiger charge is 2.16. The summed E-state index contributed by atoms with van der Waals surface area (Å²) in [4.78, 5) is 11.0. The van der Waals surface area contributed by atoms with E-state index >= 15 is 0 Å². The molecule has 1 amide bonds. The fourth-order valence-corrected chi connectivity index (χ4v) is 0.659. The first-order valence-electron chi connectivity index (χ1n) is 4.03. The molecule has 11 heavy (non-hydrogen) atoms. The predicted octanol–water partition coefficient (Wildman–Crippen LogP) is 0.640. The summed E-state index contributed by atoms with van der Waals surface area (Å²) in [6.07, 6.45) is 1.35. The molecule has 0 aliphatic rings. The number of nitrogens with two attached hydrogens (primary N) is 1. The number of hydrogen-bond acceptors (Lipinski definition) is 2. The van der Waals surface area contributed by atoms with Crippen molar-refractivity contribution in [1.82, 2.24) is 5.32 Å². The van der Waals surface area contributed by atoms with Gasteiger partial charge in [-0.3, -0.25) is 4.79 Å². The zero-order valence-electron chi connectivity index (χ0n) is 7.61. The number of hydrogen-bond donors (Lipinski definition) is 2. The lowest BCUT2D eigenvalue weighted by Gasteiger charge is -2.24. The first kappa shape index (κ1) is 10.4. The van der Waals surface area contributed by atoms with Gasteiger partial charge in [0.2, 0.25) is 5.91 Å². The average molecular weight is 158 g/mol. The number of rotatable bonds is 4. The molecule has 0 aromatic heterocycles. The Morgan fingerprint density at radius 3 is 2.45 bits per heavy atom. The van der Waals surface area contributed by atoms with Crippen LogP contribution in [0.2, 0.25) is 0 Å². The van der Waals surface area contributed by atoms with Crippen molar-refractivity contribution >= 4 is 5.91 Å². The third-order valence-corrected chi connectivity index (χ3v) is 1.73. The summed E-state index contributed by atoms with van der Waals surface area (Å²) in [6, 6.07) is 0. The minimum absolute atomic E-state index is 0.0411. The van der Waals surface area contributed by atoms with Gasteiger partial charge in [0.15, 0.2) is 0 Å². The maximum atomic E-state index is 11.0. The molecule has 0 rings (SSSR count). The maximum Gasteiger partial charge on any atom is 0.221 e. The molecule has 0 unspecified atom stereocenters. The first-order chi connectivity index (χ1) is 5.02. The molecule has 0 aromatic carbocycles. The van der Waals surface area contributed by atoms with Gasteiger partial charge in [0.25, 0.3) is 0 Å². The molecule has 0 radical (unpaired) electrons. The van der Waals surface area contributed by atoms with E-state index in [1.807, 2.05) is 20.8 Å². The van der Waals surface area contributed by atoms with Crippen LogP contribution in [-0.2, 0) is 4.79 Å². The molecule has 0 spiro atoms. The standard InChI is InChI=1S/C8H18N2O/c1-4-8(2,3)10-7(11)5-6-9/h4-6,9H2,1-3H3,(H,10,11). The largest absolute Gasteiger partial charge is 0.351 e. The minimum Gasteiger partial charge on any atom is -0.351 e. The van der Waals surface area contributed by atoms with Crippen molar-refractivity contribution < 1.29 is 4.79 Å². The van der Waals surface area contributed by atoms with Crippen molar-refractivity contribution in [3.8, 4) is 0 Å². The van der Waals surface area contributed by atoms with Crippen LogP contribution < -0.4 is 11.1 Å². The van der Waals surface area contributed by atoms with Crippen LogP contribution in [0.15, 0.2) is 0 Å². The molecule has 0 aliphatic carbocycles. The van der Waals surface area contributed by atoms with Crippen LogP contribution in [0.25, 0.3) is 0 Å². The van der Waals surface area contributed by atoms with Gasteiger partial charge in [-0.1, -0.05) is 6.92 Å². The fraction of sp³-hybridized carbons (Fsp3) is 0.875. The number of nitrogens with one attached hydrogen (secondary N) is 1. The maximum absolute atomic E-state index is 11.0. The third-order valence-electron chi connectivity index (χ3n) is 1.73. The topological polar surface area (TPSA) is 55.1 Å². The first-order valence-corrected chi connectivity index (χ1v) is 4.03. The molecule has 3 heteroatoms. The van der Waals surface area contributed by atoms with Crippen LogP contribution >= 0.6 is 0 Å². The monoisotopic (exact) mass is 158 g/mol. The molecule has 66 valence electrons. The van der Waals surface area contributed by atoms with E-state index in [0.717, 1.165) is 6.42 Å². The van der Waals surface area contributed by atoms with Gasteiger partial charge in [-0.15, -0.1) is 0 Å². The van der Waals surface area contributed by atoms with Gasteiger partial charge in [0.05, 0.1) is 0 Å². The second-order valence-electron chi connectivity index (χ2n) is 3.32. The van der Waals surface area contributed by atoms with Crippen molar-refractivity contribution in [3.05, 3.63) is 0 Å². The Kier molecular flexibility index (Phi) is 4.11. The third kappa shape index (κ3) is 4.79. The summed E-state index contributed by atoms with van der Waals surface area (Å²) in [7, 11) is 0. The molecular weight excluding hydrogens is 140 g/mol. The highest BCUT2D eigenvalue weighted by Crippen LogP contribution is 2.06. The smallest absolute Gasteiger partial charge is 0.221 e. The Morgan fingerprint density at radius 2 is 2.09 bits per heavy atom. The van der Waals surface area contributed by atoms with Gasteiger partial charge in [0.1, 0.15) is 0 Å². The number of carbonyl (C=O) groups excluding carboxylic acids is 1. The van der Waals surface area contributed by atoms with E-state index in [1.54, 1.807) is 0 Å². The van der Waals surface area contributed by atoms with E-state index < -0.39 is 0 Å². The number of carbonyl (C=O) groups is 1. The van der Waals surface area contributed by atoms with Crippen LogP contribution in [0.4, 0.5) is 0 Å². The molecule has 0 aliphatic heterocycles. The van der Waals surface area contributed by atoms with Crippen molar-refractivity contribution in [2.75, 3.05) is 6.54 Å². The van der Waals surface area contributed by atoms with Gasteiger partial charge in [-0.05, 0) is 20.3 Å². The van der Waals surface area contributed by atoms with Gasteiger partial charge < -0.3 is 11.1 Å². The normalized spacial score (nSPS) is 11.3. The summed E-state index contributed by atoms with van der Waals surface area (Å²) in [6.45, 7) is 6.47. The molecule has 0 aromatic rings. The lowest BCUT2D eigenvalue weighted by Crippen LogP contribution is -2.43. The van der Waals surface area contributed by atoms with Gasteiger partial charge in [0, 0.05) is 18.5 Å². The van der Waals surface area contributed by atoms with Crippen molar-refractivity contribution in [2.24, 2.45) is 5.73 Å². The van der Waals surface area contributed by atoms with Gasteiger partial charge in [-0.2, -0.15) is 0 Å². The van der Waals surface area contributed by atoms with E-state index in [1.165, 1.54) is 0 Å². The van der Waals surface area contributed by atoms with E-state index in [4.69, 9.17) is 5.73 Å². The molecular formula is C8H18N2O. The summed E-state index contributed by atoms with van der Waals surface area (Å²) in [5.74, 6) is 0.0411. The summed E-state index contributed by atoms with van der Waals surface area (Å²) >= 11 is 0. The summed E-state index contributed by atoms with van der Waals surface area (Å²) in [5, 5.41) is 2.89. The van der Waals surface area contributed by atoms with E-state index in [0.29, 0.717) is 13.0 Å². The Balaban J connectivity index is 3.74. The van der Waals surface area contributed by atoms with Crippen molar-refractivity contribution in [2.45, 2.75) is 39.2 Å². The lowest BCUT2D eigenvalue weighted by atomic mass is 10.0. The SMILES string of the molecule is CCC(C)(C)NC(=O)CCN. The second-order valence-corrected chi connectivity index (χ2v) is 3.32. The Labute approximate surface area is 68.3 Å². The molecule has 0 fully saturated rings. The van der Waals surface area contributed by atoms with Gasteiger partial charge >= 0.3 is 0 Å².